The molecule has 0 aromatic heterocycles. The lowest BCUT2D eigenvalue weighted by atomic mass is 9.91. The number of nitrogens with two attached hydrogens (primary N) is 2. The molecule has 0 aliphatic carbocycles. The van der Waals surface area contributed by atoms with E-state index in [4.69, 9.17) is 23.7 Å². The van der Waals surface area contributed by atoms with Gasteiger partial charge in [-0.2, -0.15) is 0 Å². The zero-order valence-electron chi connectivity index (χ0n) is 10.9. The second kappa shape index (κ2) is 6.13. The molecule has 1 rings (SSSR count). The molecule has 1 fully saturated rings. The van der Waals surface area contributed by atoms with Crippen LogP contribution in [0.4, 0.5) is 0 Å². The van der Waals surface area contributed by atoms with E-state index in [1.165, 1.54) is 0 Å². The smallest absolute Gasteiger partial charge is 0.240 e. The van der Waals surface area contributed by atoms with Crippen LogP contribution in [0.1, 0.15) is 33.1 Å². The van der Waals surface area contributed by atoms with Crippen molar-refractivity contribution < 1.29 is 9.59 Å². The maximum Gasteiger partial charge on any atom is 0.240 e. The van der Waals surface area contributed by atoms with Gasteiger partial charge in [-0.25, -0.2) is 0 Å². The Kier molecular flexibility index (Phi) is 5.07. The number of hydrogen-bond donors (Lipinski definition) is 2. The van der Waals surface area contributed by atoms with Gasteiger partial charge in [0, 0.05) is 6.54 Å². The summed E-state index contributed by atoms with van der Waals surface area (Å²) in [5.41, 5.74) is 11.0. The zero-order chi connectivity index (χ0) is 13.9. The molecule has 0 aromatic carbocycles. The van der Waals surface area contributed by atoms with Crippen molar-refractivity contribution in [3.05, 3.63) is 0 Å². The van der Waals surface area contributed by atoms with Gasteiger partial charge in [-0.15, -0.1) is 0 Å². The number of likely N-dealkylation sites (tertiary alicyclic amines) is 1. The normalized spacial score (nSPS) is 21.7. The number of carbonyl (C=O) groups is 2. The predicted octanol–water partition coefficient (Wildman–Crippen LogP) is 0.411. The molecular weight excluding hydrogens is 250 g/mol. The molecule has 4 N–H and O–H groups in total. The summed E-state index contributed by atoms with van der Waals surface area (Å²) in [5, 5.41) is 0. The maximum atomic E-state index is 12.4. The van der Waals surface area contributed by atoms with Gasteiger partial charge in [0.2, 0.25) is 11.8 Å². The number of primary amides is 1. The first-order chi connectivity index (χ1) is 8.36. The monoisotopic (exact) mass is 271 g/mol. The highest BCUT2D eigenvalue weighted by molar-refractivity contribution is 7.80. The summed E-state index contributed by atoms with van der Waals surface area (Å²) in [4.78, 5) is 25.6. The summed E-state index contributed by atoms with van der Waals surface area (Å²) in [5.74, 6) is -1.11. The summed E-state index contributed by atoms with van der Waals surface area (Å²) < 4.78 is 0. The number of nitrogens with zero attached hydrogens (tertiary/aromatic N) is 1. The minimum Gasteiger partial charge on any atom is -0.393 e. The van der Waals surface area contributed by atoms with Gasteiger partial charge in [-0.3, -0.25) is 9.59 Å². The quantitative estimate of drug-likeness (QED) is 0.725. The van der Waals surface area contributed by atoms with Crippen LogP contribution in [0.25, 0.3) is 0 Å². The predicted molar refractivity (Wildman–Crippen MR) is 73.7 cm³/mol. The number of amides is 2. The third-order valence-electron chi connectivity index (χ3n) is 3.35. The maximum absolute atomic E-state index is 12.4. The molecule has 2 amide bonds. The molecule has 0 radical (unpaired) electrons. The average molecular weight is 271 g/mol. The van der Waals surface area contributed by atoms with Gasteiger partial charge < -0.3 is 16.4 Å². The fourth-order valence-corrected chi connectivity index (χ4v) is 2.78. The Morgan fingerprint density at radius 1 is 1.28 bits per heavy atom. The summed E-state index contributed by atoms with van der Waals surface area (Å²) in [6.45, 7) is 4.34. The molecular formula is C12H21N3O2S. The molecule has 5 nitrogen and oxygen atoms in total. The fraction of sp³-hybridized carbons (Fsp3) is 0.750. The molecule has 1 aliphatic heterocycles. The van der Waals surface area contributed by atoms with Crippen molar-refractivity contribution >= 4 is 29.0 Å². The van der Waals surface area contributed by atoms with Crippen molar-refractivity contribution in [1.82, 2.24) is 4.90 Å². The van der Waals surface area contributed by atoms with Crippen molar-refractivity contribution in [3.63, 3.8) is 0 Å². The van der Waals surface area contributed by atoms with Crippen LogP contribution in [0.5, 0.6) is 0 Å². The van der Waals surface area contributed by atoms with Gasteiger partial charge in [-0.1, -0.05) is 26.1 Å². The molecule has 2 atom stereocenters. The molecule has 0 spiro atoms. The van der Waals surface area contributed by atoms with Crippen molar-refractivity contribution in [2.45, 2.75) is 39.2 Å². The van der Waals surface area contributed by atoms with Gasteiger partial charge in [0.1, 0.15) is 6.04 Å². The molecule has 0 saturated carbocycles. The highest BCUT2D eigenvalue weighted by Crippen LogP contribution is 2.22. The van der Waals surface area contributed by atoms with Crippen LogP contribution in [0.3, 0.4) is 0 Å². The minimum atomic E-state index is -0.514. The zero-order valence-corrected chi connectivity index (χ0v) is 11.7. The highest BCUT2D eigenvalue weighted by atomic mass is 32.1. The van der Waals surface area contributed by atoms with Crippen LogP contribution in [0.15, 0.2) is 0 Å². The molecule has 1 aliphatic rings. The van der Waals surface area contributed by atoms with E-state index in [9.17, 15) is 9.59 Å². The van der Waals surface area contributed by atoms with Crippen molar-refractivity contribution in [2.75, 3.05) is 6.54 Å². The Hall–Kier alpha value is -1.17. The number of piperidine rings is 1. The van der Waals surface area contributed by atoms with Gasteiger partial charge in [-0.05, 0) is 25.2 Å². The molecule has 0 aromatic rings. The van der Waals surface area contributed by atoms with Crippen LogP contribution in [-0.4, -0.2) is 34.3 Å². The van der Waals surface area contributed by atoms with Crippen molar-refractivity contribution in [1.29, 1.82) is 0 Å². The van der Waals surface area contributed by atoms with E-state index < -0.39 is 17.9 Å². The van der Waals surface area contributed by atoms with E-state index in [1.807, 2.05) is 13.8 Å². The summed E-state index contributed by atoms with van der Waals surface area (Å²) in [6, 6.07) is -0.512. The van der Waals surface area contributed by atoms with Crippen LogP contribution in [0, 0.1) is 11.8 Å². The Balaban J connectivity index is 2.91. The van der Waals surface area contributed by atoms with E-state index in [1.54, 1.807) is 4.90 Å². The fourth-order valence-electron chi connectivity index (χ4n) is 2.41. The molecule has 0 bridgehead atoms. The second-order valence-corrected chi connectivity index (χ2v) is 5.54. The molecule has 1 heterocycles. The van der Waals surface area contributed by atoms with Crippen LogP contribution in [0.2, 0.25) is 0 Å². The van der Waals surface area contributed by atoms with E-state index in [0.717, 1.165) is 12.8 Å². The Bertz CT molecular complexity index is 357. The van der Waals surface area contributed by atoms with Gasteiger partial charge in [0.05, 0.1) is 10.9 Å². The summed E-state index contributed by atoms with van der Waals surface area (Å²) >= 11 is 4.96. The lowest BCUT2D eigenvalue weighted by molar-refractivity contribution is -0.143. The highest BCUT2D eigenvalue weighted by Gasteiger charge is 2.36. The number of hydrogen-bond acceptors (Lipinski definition) is 3. The Morgan fingerprint density at radius 3 is 2.33 bits per heavy atom. The third-order valence-corrected chi connectivity index (χ3v) is 3.61. The lowest BCUT2D eigenvalue weighted by Crippen LogP contribution is -2.54. The van der Waals surface area contributed by atoms with Gasteiger partial charge >= 0.3 is 0 Å². The summed E-state index contributed by atoms with van der Waals surface area (Å²) in [6.07, 6.45) is 2.43. The van der Waals surface area contributed by atoms with E-state index in [-0.39, 0.29) is 16.8 Å². The standard InChI is InChI=1S/C12H21N3O2S/c1-7(2)9(11(14)18)12(17)15-6-4-3-5-8(15)10(13)16/h7-9H,3-6H2,1-2H3,(H2,13,16)(H2,14,18). The molecule has 2 unspecified atom stereocenters. The SMILES string of the molecule is CC(C)C(C(=O)N1CCCCC1C(N)=O)C(N)=S. The van der Waals surface area contributed by atoms with E-state index in [0.29, 0.717) is 13.0 Å². The van der Waals surface area contributed by atoms with Gasteiger partial charge in [0.25, 0.3) is 0 Å². The van der Waals surface area contributed by atoms with Crippen LogP contribution >= 0.6 is 12.2 Å². The summed E-state index contributed by atoms with van der Waals surface area (Å²) in [7, 11) is 0. The number of carbonyl (C=O) groups excluding carboxylic acids is 2. The minimum absolute atomic E-state index is 0.0189. The molecule has 1 saturated heterocycles. The van der Waals surface area contributed by atoms with Crippen molar-refractivity contribution in [3.8, 4) is 0 Å². The van der Waals surface area contributed by atoms with Crippen LogP contribution in [-0.2, 0) is 9.59 Å². The molecule has 102 valence electrons. The lowest BCUT2D eigenvalue weighted by Gasteiger charge is -2.36. The first-order valence-electron chi connectivity index (χ1n) is 6.25. The van der Waals surface area contributed by atoms with Crippen molar-refractivity contribution in [2.24, 2.45) is 23.3 Å². The number of thiocarbonyl (C=S) groups is 1. The topological polar surface area (TPSA) is 89.4 Å². The second-order valence-electron chi connectivity index (χ2n) is 5.07. The average Bonchev–Trinajstić information content (AvgIpc) is 2.27. The van der Waals surface area contributed by atoms with Gasteiger partial charge in [0.15, 0.2) is 0 Å². The largest absolute Gasteiger partial charge is 0.393 e. The first kappa shape index (κ1) is 14.9. The van der Waals surface area contributed by atoms with Crippen LogP contribution < -0.4 is 11.5 Å². The van der Waals surface area contributed by atoms with E-state index in [2.05, 4.69) is 0 Å². The Morgan fingerprint density at radius 2 is 1.89 bits per heavy atom. The molecule has 6 heteroatoms. The first-order valence-corrected chi connectivity index (χ1v) is 6.66. The number of rotatable bonds is 4. The van der Waals surface area contributed by atoms with E-state index >= 15 is 0 Å². The third kappa shape index (κ3) is 3.19. The molecule has 18 heavy (non-hydrogen) atoms. The Labute approximate surface area is 113 Å².